The molecule has 0 unspecified atom stereocenters. The number of rotatable bonds is 4. The molecule has 0 spiro atoms. The van der Waals surface area contributed by atoms with Crippen LogP contribution in [-0.2, 0) is 6.42 Å². The van der Waals surface area contributed by atoms with E-state index in [2.05, 4.69) is 10.3 Å². The zero-order valence-corrected chi connectivity index (χ0v) is 11.2. The van der Waals surface area contributed by atoms with Crippen molar-refractivity contribution in [3.05, 3.63) is 45.7 Å². The van der Waals surface area contributed by atoms with Crippen LogP contribution < -0.4 is 11.1 Å². The summed E-state index contributed by atoms with van der Waals surface area (Å²) < 4.78 is 13.4. The fourth-order valence-electron chi connectivity index (χ4n) is 1.58. The number of nitriles is 1. The first-order chi connectivity index (χ1) is 9.65. The Labute approximate surface area is 118 Å². The normalized spacial score (nSPS) is 10.1. The zero-order chi connectivity index (χ0) is 14.5. The number of benzene rings is 1. The molecule has 0 aliphatic rings. The second-order valence-electron chi connectivity index (χ2n) is 3.89. The Hall–Kier alpha value is -2.30. The molecule has 0 aliphatic heterocycles. The first-order valence-corrected chi connectivity index (χ1v) is 6.68. The molecule has 20 heavy (non-hydrogen) atoms. The van der Waals surface area contributed by atoms with Gasteiger partial charge in [0.15, 0.2) is 0 Å². The van der Waals surface area contributed by atoms with E-state index >= 15 is 0 Å². The number of aromatic nitrogens is 1. The molecule has 2 rings (SSSR count). The Morgan fingerprint density at radius 3 is 3.05 bits per heavy atom. The van der Waals surface area contributed by atoms with Crippen molar-refractivity contribution in [2.75, 3.05) is 11.9 Å². The molecule has 0 radical (unpaired) electrons. The molecule has 1 aromatic carbocycles. The highest BCUT2D eigenvalue weighted by atomic mass is 32.1. The highest BCUT2D eigenvalue weighted by molar-refractivity contribution is 7.09. The Balaban J connectivity index is 2.19. The summed E-state index contributed by atoms with van der Waals surface area (Å²) in [6, 6.07) is 5.77. The molecule has 0 atom stereocenters. The third kappa shape index (κ3) is 2.99. The lowest BCUT2D eigenvalue weighted by atomic mass is 10.2. The summed E-state index contributed by atoms with van der Waals surface area (Å²) in [6.45, 7) is 0.455. The molecule has 0 saturated heterocycles. The molecule has 1 heterocycles. The van der Waals surface area contributed by atoms with Crippen molar-refractivity contribution in [1.82, 2.24) is 4.98 Å². The van der Waals surface area contributed by atoms with Gasteiger partial charge in [0, 0.05) is 11.8 Å². The van der Waals surface area contributed by atoms with Crippen molar-refractivity contribution < 1.29 is 9.18 Å². The van der Waals surface area contributed by atoms with Crippen LogP contribution in [0.1, 0.15) is 21.1 Å². The Morgan fingerprint density at radius 1 is 1.55 bits per heavy atom. The molecule has 7 heteroatoms. The fourth-order valence-corrected chi connectivity index (χ4v) is 2.38. The predicted molar refractivity (Wildman–Crippen MR) is 73.9 cm³/mol. The van der Waals surface area contributed by atoms with Gasteiger partial charge >= 0.3 is 0 Å². The maximum absolute atomic E-state index is 13.4. The number of carbonyl (C=O) groups is 1. The minimum absolute atomic E-state index is 0.130. The van der Waals surface area contributed by atoms with Gasteiger partial charge < -0.3 is 11.1 Å². The molecular weight excluding hydrogens is 279 g/mol. The van der Waals surface area contributed by atoms with Crippen LogP contribution in [0.3, 0.4) is 0 Å². The van der Waals surface area contributed by atoms with Gasteiger partial charge in [-0.1, -0.05) is 6.07 Å². The molecule has 0 bridgehead atoms. The lowest BCUT2D eigenvalue weighted by Gasteiger charge is -2.05. The molecule has 102 valence electrons. The number of hydrogen-bond acceptors (Lipinski definition) is 5. The molecule has 1 aromatic heterocycles. The van der Waals surface area contributed by atoms with Crippen LogP contribution in [0.4, 0.5) is 10.1 Å². The van der Waals surface area contributed by atoms with Crippen LogP contribution in [0.5, 0.6) is 0 Å². The van der Waals surface area contributed by atoms with E-state index in [9.17, 15) is 9.18 Å². The Bertz CT molecular complexity index is 677. The van der Waals surface area contributed by atoms with E-state index < -0.39 is 11.7 Å². The molecule has 3 N–H and O–H groups in total. The average Bonchev–Trinajstić information content (AvgIpc) is 2.88. The van der Waals surface area contributed by atoms with Gasteiger partial charge in [0.2, 0.25) is 0 Å². The molecule has 0 saturated carbocycles. The van der Waals surface area contributed by atoms with Crippen LogP contribution in [-0.4, -0.2) is 17.4 Å². The number of hydrogen-bond donors (Lipinski definition) is 2. The zero-order valence-electron chi connectivity index (χ0n) is 10.4. The lowest BCUT2D eigenvalue weighted by Crippen LogP contribution is -2.14. The third-order valence-corrected chi connectivity index (χ3v) is 3.42. The first-order valence-electron chi connectivity index (χ1n) is 5.80. The number of anilines is 1. The SMILES string of the molecule is N#Cc1c(F)cccc1NC(=O)c1csc(CCN)n1. The average molecular weight is 290 g/mol. The fraction of sp³-hybridized carbons (Fsp3) is 0.154. The first kappa shape index (κ1) is 14.1. The van der Waals surface area contributed by atoms with E-state index in [-0.39, 0.29) is 16.9 Å². The van der Waals surface area contributed by atoms with Gasteiger partial charge in [0.1, 0.15) is 23.1 Å². The van der Waals surface area contributed by atoms with E-state index in [0.717, 1.165) is 11.1 Å². The predicted octanol–water partition coefficient (Wildman–Crippen LogP) is 1.91. The third-order valence-electron chi connectivity index (χ3n) is 2.52. The number of thiazole rings is 1. The van der Waals surface area contributed by atoms with E-state index in [0.29, 0.717) is 13.0 Å². The van der Waals surface area contributed by atoms with Crippen molar-refractivity contribution in [3.63, 3.8) is 0 Å². The van der Waals surface area contributed by atoms with Crippen LogP contribution in [0.2, 0.25) is 0 Å². The maximum atomic E-state index is 13.4. The second kappa shape index (κ2) is 6.23. The number of nitrogens with one attached hydrogen (secondary N) is 1. The Kier molecular flexibility index (Phi) is 4.40. The van der Waals surface area contributed by atoms with Gasteiger partial charge in [0.05, 0.1) is 10.7 Å². The molecule has 1 amide bonds. The summed E-state index contributed by atoms with van der Waals surface area (Å²) in [6.07, 6.45) is 0.599. The second-order valence-corrected chi connectivity index (χ2v) is 4.84. The van der Waals surface area contributed by atoms with E-state index in [1.165, 1.54) is 23.5 Å². The molecule has 2 aromatic rings. The number of nitrogens with two attached hydrogens (primary N) is 1. The van der Waals surface area contributed by atoms with E-state index in [4.69, 9.17) is 11.0 Å². The number of halogens is 1. The lowest BCUT2D eigenvalue weighted by molar-refractivity contribution is 0.102. The van der Waals surface area contributed by atoms with Gasteiger partial charge in [-0.25, -0.2) is 9.37 Å². The van der Waals surface area contributed by atoms with Gasteiger partial charge in [-0.05, 0) is 18.7 Å². The summed E-state index contributed by atoms with van der Waals surface area (Å²) in [5.41, 5.74) is 5.58. The van der Waals surface area contributed by atoms with Gasteiger partial charge in [0.25, 0.3) is 5.91 Å². The summed E-state index contributed by atoms with van der Waals surface area (Å²) in [5, 5.41) is 13.7. The quantitative estimate of drug-likeness (QED) is 0.899. The van der Waals surface area contributed by atoms with E-state index in [1.807, 2.05) is 0 Å². The van der Waals surface area contributed by atoms with Crippen LogP contribution in [0.25, 0.3) is 0 Å². The van der Waals surface area contributed by atoms with Gasteiger partial charge in [-0.15, -0.1) is 11.3 Å². The topological polar surface area (TPSA) is 91.8 Å². The largest absolute Gasteiger partial charge is 0.330 e. The van der Waals surface area contributed by atoms with Crippen molar-refractivity contribution in [2.45, 2.75) is 6.42 Å². The molecule has 0 aliphatic carbocycles. The minimum atomic E-state index is -0.674. The molecule has 0 fully saturated rings. The van der Waals surface area contributed by atoms with Gasteiger partial charge in [-0.3, -0.25) is 4.79 Å². The molecule has 5 nitrogen and oxygen atoms in total. The summed E-state index contributed by atoms with van der Waals surface area (Å²) in [4.78, 5) is 16.1. The monoisotopic (exact) mass is 290 g/mol. The molecular formula is C13H11FN4OS. The van der Waals surface area contributed by atoms with Crippen molar-refractivity contribution in [2.24, 2.45) is 5.73 Å². The van der Waals surface area contributed by atoms with Crippen molar-refractivity contribution in [3.8, 4) is 6.07 Å². The number of amides is 1. The summed E-state index contributed by atoms with van der Waals surface area (Å²) >= 11 is 1.34. The van der Waals surface area contributed by atoms with Crippen molar-refractivity contribution >= 4 is 22.9 Å². The summed E-state index contributed by atoms with van der Waals surface area (Å²) in [5.74, 6) is -1.15. The minimum Gasteiger partial charge on any atom is -0.330 e. The van der Waals surface area contributed by atoms with Gasteiger partial charge in [-0.2, -0.15) is 5.26 Å². The number of nitrogens with zero attached hydrogens (tertiary/aromatic N) is 2. The van der Waals surface area contributed by atoms with Crippen LogP contribution in [0, 0.1) is 17.1 Å². The summed E-state index contributed by atoms with van der Waals surface area (Å²) in [7, 11) is 0. The van der Waals surface area contributed by atoms with Crippen LogP contribution in [0.15, 0.2) is 23.6 Å². The van der Waals surface area contributed by atoms with E-state index in [1.54, 1.807) is 11.4 Å². The standard InChI is InChI=1S/C13H11FN4OS/c14-9-2-1-3-10(8(9)6-16)18-13(19)11-7-20-12(17-11)4-5-15/h1-3,7H,4-5,15H2,(H,18,19). The highest BCUT2D eigenvalue weighted by Gasteiger charge is 2.14. The highest BCUT2D eigenvalue weighted by Crippen LogP contribution is 2.19. The maximum Gasteiger partial charge on any atom is 0.275 e. The number of carbonyl (C=O) groups excluding carboxylic acids is 1. The smallest absolute Gasteiger partial charge is 0.275 e. The van der Waals surface area contributed by atoms with Crippen molar-refractivity contribution in [1.29, 1.82) is 5.26 Å². The Morgan fingerprint density at radius 2 is 2.35 bits per heavy atom. The van der Waals surface area contributed by atoms with Crippen LogP contribution >= 0.6 is 11.3 Å².